The lowest BCUT2D eigenvalue weighted by molar-refractivity contribution is -0.129. The molecule has 1 unspecified atom stereocenters. The number of ether oxygens (including phenoxy) is 1. The summed E-state index contributed by atoms with van der Waals surface area (Å²) in [6, 6.07) is 4.69. The molecule has 0 radical (unpaired) electrons. The van der Waals surface area contributed by atoms with Crippen molar-refractivity contribution in [3.8, 4) is 0 Å². The zero-order valence-corrected chi connectivity index (χ0v) is 11.7. The summed E-state index contributed by atoms with van der Waals surface area (Å²) in [5, 5.41) is 11.0. The lowest BCUT2D eigenvalue weighted by atomic mass is 9.77. The Morgan fingerprint density at radius 2 is 1.78 bits per heavy atom. The Balaban J connectivity index is 2.54. The Hall–Kier alpha value is -0.930. The van der Waals surface area contributed by atoms with E-state index in [0.717, 1.165) is 5.56 Å². The van der Waals surface area contributed by atoms with E-state index >= 15 is 0 Å². The van der Waals surface area contributed by atoms with Crippen LogP contribution in [0.3, 0.4) is 0 Å². The lowest BCUT2D eigenvalue weighted by Crippen LogP contribution is -2.43. The second-order valence-electron chi connectivity index (χ2n) is 6.43. The smallest absolute Gasteiger partial charge is 0.123 e. The van der Waals surface area contributed by atoms with E-state index < -0.39 is 16.8 Å². The van der Waals surface area contributed by atoms with Crippen LogP contribution in [0.25, 0.3) is 0 Å². The van der Waals surface area contributed by atoms with Crippen molar-refractivity contribution in [1.29, 1.82) is 0 Å². The monoisotopic (exact) mass is 252 g/mol. The molecule has 0 aliphatic carbocycles. The number of rotatable bonds is 1. The van der Waals surface area contributed by atoms with E-state index in [1.165, 1.54) is 12.1 Å². The Labute approximate surface area is 108 Å². The molecule has 1 fully saturated rings. The average molecular weight is 252 g/mol. The van der Waals surface area contributed by atoms with E-state index in [1.54, 1.807) is 0 Å². The van der Waals surface area contributed by atoms with E-state index in [2.05, 4.69) is 0 Å². The Kier molecular flexibility index (Phi) is 2.84. The molecule has 1 heterocycles. The van der Waals surface area contributed by atoms with Gasteiger partial charge in [-0.1, -0.05) is 6.07 Å². The van der Waals surface area contributed by atoms with Gasteiger partial charge < -0.3 is 9.84 Å². The molecular weight excluding hydrogens is 231 g/mol. The van der Waals surface area contributed by atoms with Crippen LogP contribution < -0.4 is 0 Å². The molecule has 1 aromatic rings. The SMILES string of the molecule is Cc1cc(F)cc(C2(O)CC(C)(C)OC2(C)C)c1. The summed E-state index contributed by atoms with van der Waals surface area (Å²) in [5.74, 6) is -0.320. The van der Waals surface area contributed by atoms with E-state index in [0.29, 0.717) is 12.0 Å². The predicted molar refractivity (Wildman–Crippen MR) is 68.9 cm³/mol. The highest BCUT2D eigenvalue weighted by Crippen LogP contribution is 2.50. The van der Waals surface area contributed by atoms with E-state index in [1.807, 2.05) is 40.7 Å². The minimum absolute atomic E-state index is 0.320. The summed E-state index contributed by atoms with van der Waals surface area (Å²) in [4.78, 5) is 0. The molecule has 1 aliphatic rings. The van der Waals surface area contributed by atoms with Crippen molar-refractivity contribution in [2.75, 3.05) is 0 Å². The Morgan fingerprint density at radius 3 is 2.22 bits per heavy atom. The van der Waals surface area contributed by atoms with Crippen LogP contribution in [0.15, 0.2) is 18.2 Å². The van der Waals surface area contributed by atoms with Crippen molar-refractivity contribution in [1.82, 2.24) is 0 Å². The maximum absolute atomic E-state index is 13.5. The zero-order valence-electron chi connectivity index (χ0n) is 11.7. The van der Waals surface area contributed by atoms with Crippen molar-refractivity contribution < 1.29 is 14.2 Å². The molecule has 100 valence electrons. The first kappa shape index (κ1) is 13.5. The van der Waals surface area contributed by atoms with Gasteiger partial charge in [0.2, 0.25) is 0 Å². The topological polar surface area (TPSA) is 29.5 Å². The van der Waals surface area contributed by atoms with Crippen molar-refractivity contribution in [2.45, 2.75) is 57.8 Å². The minimum atomic E-state index is -1.16. The fourth-order valence-corrected chi connectivity index (χ4v) is 3.06. The van der Waals surface area contributed by atoms with Crippen LogP contribution in [-0.2, 0) is 10.3 Å². The predicted octanol–water partition coefficient (Wildman–Crippen LogP) is 3.30. The van der Waals surface area contributed by atoms with Crippen molar-refractivity contribution in [2.24, 2.45) is 0 Å². The first-order chi connectivity index (χ1) is 8.06. The summed E-state index contributed by atoms with van der Waals surface area (Å²) >= 11 is 0. The molecule has 2 nitrogen and oxygen atoms in total. The third-order valence-corrected chi connectivity index (χ3v) is 3.73. The van der Waals surface area contributed by atoms with E-state index in [-0.39, 0.29) is 5.82 Å². The summed E-state index contributed by atoms with van der Waals surface area (Å²) < 4.78 is 19.5. The molecule has 2 rings (SSSR count). The fraction of sp³-hybridized carbons (Fsp3) is 0.600. The second kappa shape index (κ2) is 3.78. The van der Waals surface area contributed by atoms with Crippen LogP contribution in [0.5, 0.6) is 0 Å². The van der Waals surface area contributed by atoms with Crippen molar-refractivity contribution in [3.05, 3.63) is 35.1 Å². The van der Waals surface area contributed by atoms with Crippen LogP contribution in [0, 0.1) is 12.7 Å². The van der Waals surface area contributed by atoms with E-state index in [4.69, 9.17) is 4.74 Å². The lowest BCUT2D eigenvalue weighted by Gasteiger charge is -2.35. The van der Waals surface area contributed by atoms with Crippen LogP contribution in [0.1, 0.15) is 45.2 Å². The molecule has 1 atom stereocenters. The number of aryl methyl sites for hydroxylation is 1. The van der Waals surface area contributed by atoms with Gasteiger partial charge in [0.05, 0.1) is 11.2 Å². The average Bonchev–Trinajstić information content (AvgIpc) is 2.29. The molecule has 0 amide bonds. The Morgan fingerprint density at radius 1 is 1.17 bits per heavy atom. The molecule has 0 spiro atoms. The molecule has 18 heavy (non-hydrogen) atoms. The van der Waals surface area contributed by atoms with Crippen LogP contribution in [0.2, 0.25) is 0 Å². The Bertz CT molecular complexity index is 459. The van der Waals surface area contributed by atoms with Crippen molar-refractivity contribution >= 4 is 0 Å². The van der Waals surface area contributed by atoms with Gasteiger partial charge in [-0.2, -0.15) is 0 Å². The molecular formula is C15H21FO2. The summed E-state index contributed by atoms with van der Waals surface area (Å²) in [7, 11) is 0. The van der Waals surface area contributed by atoms with Crippen LogP contribution >= 0.6 is 0 Å². The first-order valence-electron chi connectivity index (χ1n) is 6.26. The van der Waals surface area contributed by atoms with Crippen LogP contribution in [0.4, 0.5) is 4.39 Å². The summed E-state index contributed by atoms with van der Waals surface area (Å²) in [6.07, 6.45) is 0.454. The van der Waals surface area contributed by atoms with Gasteiger partial charge in [-0.25, -0.2) is 4.39 Å². The normalized spacial score (nSPS) is 29.5. The molecule has 1 aliphatic heterocycles. The number of hydrogen-bond donors (Lipinski definition) is 1. The van der Waals surface area contributed by atoms with Gasteiger partial charge in [-0.15, -0.1) is 0 Å². The van der Waals surface area contributed by atoms with Gasteiger partial charge in [0.25, 0.3) is 0 Å². The standard InChI is InChI=1S/C15H21FO2/c1-10-6-11(8-12(16)7-10)15(17)9-13(2,3)18-14(15,4)5/h6-8,17H,9H2,1-5H3. The van der Waals surface area contributed by atoms with Gasteiger partial charge in [-0.05, 0) is 57.9 Å². The summed E-state index contributed by atoms with van der Waals surface area (Å²) in [6.45, 7) is 9.41. The first-order valence-corrected chi connectivity index (χ1v) is 6.26. The molecule has 3 heteroatoms. The molecule has 0 bridgehead atoms. The van der Waals surface area contributed by atoms with Gasteiger partial charge in [0.15, 0.2) is 0 Å². The fourth-order valence-electron chi connectivity index (χ4n) is 3.06. The van der Waals surface area contributed by atoms with Gasteiger partial charge in [-0.3, -0.25) is 0 Å². The number of halogens is 1. The third-order valence-electron chi connectivity index (χ3n) is 3.73. The third kappa shape index (κ3) is 2.06. The second-order valence-corrected chi connectivity index (χ2v) is 6.43. The molecule has 0 aromatic heterocycles. The molecule has 1 N–H and O–H groups in total. The number of aliphatic hydroxyl groups is 1. The highest BCUT2D eigenvalue weighted by atomic mass is 19.1. The van der Waals surface area contributed by atoms with Gasteiger partial charge in [0.1, 0.15) is 11.4 Å². The number of hydrogen-bond acceptors (Lipinski definition) is 2. The maximum Gasteiger partial charge on any atom is 0.123 e. The summed E-state index contributed by atoms with van der Waals surface area (Å²) in [5.41, 5.74) is -0.923. The largest absolute Gasteiger partial charge is 0.382 e. The quantitative estimate of drug-likeness (QED) is 0.831. The highest BCUT2D eigenvalue weighted by molar-refractivity contribution is 5.32. The molecule has 1 saturated heterocycles. The van der Waals surface area contributed by atoms with Gasteiger partial charge in [0, 0.05) is 6.42 Å². The van der Waals surface area contributed by atoms with Crippen molar-refractivity contribution in [3.63, 3.8) is 0 Å². The van der Waals surface area contributed by atoms with E-state index in [9.17, 15) is 9.50 Å². The highest BCUT2D eigenvalue weighted by Gasteiger charge is 2.57. The van der Waals surface area contributed by atoms with Crippen LogP contribution in [-0.4, -0.2) is 16.3 Å². The zero-order chi connectivity index (χ0) is 13.8. The number of benzene rings is 1. The van der Waals surface area contributed by atoms with Gasteiger partial charge >= 0.3 is 0 Å². The minimum Gasteiger partial charge on any atom is -0.382 e. The molecule has 1 aromatic carbocycles. The molecule has 0 saturated carbocycles. The maximum atomic E-state index is 13.5.